The molecule has 0 spiro atoms. The maximum atomic E-state index is 6.02. The summed E-state index contributed by atoms with van der Waals surface area (Å²) in [7, 11) is 1.70. The molecule has 1 fully saturated rings. The number of rotatable bonds is 4. The average Bonchev–Trinajstić information content (AvgIpc) is 2.95. The van der Waals surface area contributed by atoms with E-state index in [4.69, 9.17) is 10.5 Å². The van der Waals surface area contributed by atoms with E-state index in [1.54, 1.807) is 18.9 Å². The summed E-state index contributed by atoms with van der Waals surface area (Å²) in [5, 5.41) is 0. The van der Waals surface area contributed by atoms with Crippen LogP contribution in [0.4, 0.5) is 0 Å². The molecule has 76 valence electrons. The predicted molar refractivity (Wildman–Crippen MR) is 59.9 cm³/mol. The van der Waals surface area contributed by atoms with Crippen LogP contribution in [0.2, 0.25) is 0 Å². The van der Waals surface area contributed by atoms with Gasteiger partial charge in [0, 0.05) is 16.2 Å². The van der Waals surface area contributed by atoms with Crippen LogP contribution in [0.25, 0.3) is 0 Å². The van der Waals surface area contributed by atoms with Crippen molar-refractivity contribution in [1.29, 1.82) is 0 Å². The van der Waals surface area contributed by atoms with Gasteiger partial charge in [-0.1, -0.05) is 12.1 Å². The smallest absolute Gasteiger partial charge is 0.132 e. The molecular weight excluding hydrogens is 194 g/mol. The van der Waals surface area contributed by atoms with Crippen LogP contribution in [0, 0.1) is 0 Å². The second kappa shape index (κ2) is 3.83. The molecular formula is C11H15NOS. The monoisotopic (exact) mass is 209 g/mol. The highest BCUT2D eigenvalue weighted by Crippen LogP contribution is 2.39. The Labute approximate surface area is 88.8 Å². The van der Waals surface area contributed by atoms with Crippen molar-refractivity contribution >= 4 is 11.8 Å². The van der Waals surface area contributed by atoms with E-state index in [0.717, 1.165) is 24.3 Å². The van der Waals surface area contributed by atoms with Crippen molar-refractivity contribution in [2.45, 2.75) is 23.3 Å². The minimum Gasteiger partial charge on any atom is -0.496 e. The molecule has 1 aromatic carbocycles. The average molecular weight is 209 g/mol. The van der Waals surface area contributed by atoms with Gasteiger partial charge in [-0.3, -0.25) is 0 Å². The zero-order chi connectivity index (χ0) is 10.0. The predicted octanol–water partition coefficient (Wildman–Crippen LogP) is 2.28. The van der Waals surface area contributed by atoms with Gasteiger partial charge in [0.25, 0.3) is 0 Å². The summed E-state index contributed by atoms with van der Waals surface area (Å²) in [6, 6.07) is 8.08. The normalized spacial score (nSPS) is 17.9. The van der Waals surface area contributed by atoms with E-state index >= 15 is 0 Å². The first-order valence-electron chi connectivity index (χ1n) is 4.78. The Bertz CT molecular complexity index is 323. The zero-order valence-corrected chi connectivity index (χ0v) is 9.14. The maximum Gasteiger partial charge on any atom is 0.132 e. The Kier molecular flexibility index (Phi) is 2.70. The van der Waals surface area contributed by atoms with Gasteiger partial charge >= 0.3 is 0 Å². The summed E-state index contributed by atoms with van der Waals surface area (Å²) in [4.78, 5) is 1.19. The Balaban J connectivity index is 2.00. The molecule has 0 saturated heterocycles. The molecule has 14 heavy (non-hydrogen) atoms. The van der Waals surface area contributed by atoms with Crippen molar-refractivity contribution in [3.05, 3.63) is 24.3 Å². The lowest BCUT2D eigenvalue weighted by Crippen LogP contribution is -2.24. The molecule has 3 heteroatoms. The standard InChI is InChI=1S/C11H15NOS/c1-13-9-4-2-3-5-10(9)14-8-11(12)6-7-11/h2-5H,6-8,12H2,1H3. The molecule has 2 nitrogen and oxygen atoms in total. The molecule has 0 aromatic heterocycles. The fourth-order valence-electron chi connectivity index (χ4n) is 1.26. The summed E-state index contributed by atoms with van der Waals surface area (Å²) in [6.07, 6.45) is 2.32. The van der Waals surface area contributed by atoms with Crippen LogP contribution >= 0.6 is 11.8 Å². The number of nitrogens with two attached hydrogens (primary N) is 1. The van der Waals surface area contributed by atoms with E-state index in [-0.39, 0.29) is 5.54 Å². The molecule has 0 bridgehead atoms. The lowest BCUT2D eigenvalue weighted by atomic mass is 10.3. The maximum absolute atomic E-state index is 6.02. The van der Waals surface area contributed by atoms with Gasteiger partial charge in [-0.05, 0) is 25.0 Å². The number of ether oxygens (including phenoxy) is 1. The third-order valence-electron chi connectivity index (χ3n) is 2.48. The van der Waals surface area contributed by atoms with Crippen LogP contribution in [0.1, 0.15) is 12.8 Å². The lowest BCUT2D eigenvalue weighted by Gasteiger charge is -2.10. The number of benzene rings is 1. The van der Waals surface area contributed by atoms with Gasteiger partial charge in [-0.2, -0.15) is 0 Å². The van der Waals surface area contributed by atoms with Crippen LogP contribution in [0.15, 0.2) is 29.2 Å². The minimum absolute atomic E-state index is 0.103. The molecule has 2 N–H and O–H groups in total. The summed E-state index contributed by atoms with van der Waals surface area (Å²) >= 11 is 1.79. The summed E-state index contributed by atoms with van der Waals surface area (Å²) < 4.78 is 5.27. The lowest BCUT2D eigenvalue weighted by molar-refractivity contribution is 0.405. The van der Waals surface area contributed by atoms with E-state index in [1.165, 1.54) is 4.90 Å². The molecule has 0 heterocycles. The van der Waals surface area contributed by atoms with Gasteiger partial charge in [0.1, 0.15) is 5.75 Å². The van der Waals surface area contributed by atoms with Gasteiger partial charge < -0.3 is 10.5 Å². The summed E-state index contributed by atoms with van der Waals surface area (Å²) in [5.41, 5.74) is 6.13. The summed E-state index contributed by atoms with van der Waals surface area (Å²) in [5.74, 6) is 1.94. The third kappa shape index (κ3) is 2.22. The minimum atomic E-state index is 0.103. The number of thioether (sulfide) groups is 1. The topological polar surface area (TPSA) is 35.2 Å². The van der Waals surface area contributed by atoms with Crippen LogP contribution in [-0.2, 0) is 0 Å². The number of methoxy groups -OCH3 is 1. The van der Waals surface area contributed by atoms with Crippen molar-refractivity contribution in [2.24, 2.45) is 5.73 Å². The molecule has 1 aliphatic rings. The van der Waals surface area contributed by atoms with Gasteiger partial charge in [0.15, 0.2) is 0 Å². The first kappa shape index (κ1) is 9.87. The number of hydrogen-bond acceptors (Lipinski definition) is 3. The molecule has 0 amide bonds. The molecule has 0 radical (unpaired) electrons. The Morgan fingerprint density at radius 2 is 2.14 bits per heavy atom. The van der Waals surface area contributed by atoms with Crippen molar-refractivity contribution in [1.82, 2.24) is 0 Å². The van der Waals surface area contributed by atoms with E-state index in [9.17, 15) is 0 Å². The highest BCUT2D eigenvalue weighted by molar-refractivity contribution is 7.99. The third-order valence-corrected chi connectivity index (χ3v) is 3.84. The van der Waals surface area contributed by atoms with Crippen molar-refractivity contribution in [3.63, 3.8) is 0 Å². The van der Waals surface area contributed by atoms with Crippen LogP contribution < -0.4 is 10.5 Å². The van der Waals surface area contributed by atoms with Gasteiger partial charge in [0.05, 0.1) is 7.11 Å². The highest BCUT2D eigenvalue weighted by atomic mass is 32.2. The van der Waals surface area contributed by atoms with Crippen molar-refractivity contribution in [3.8, 4) is 5.75 Å². The van der Waals surface area contributed by atoms with Crippen LogP contribution in [0.3, 0.4) is 0 Å². The zero-order valence-electron chi connectivity index (χ0n) is 8.32. The number of para-hydroxylation sites is 1. The van der Waals surface area contributed by atoms with Crippen molar-refractivity contribution < 1.29 is 4.74 Å². The molecule has 1 aromatic rings. The Hall–Kier alpha value is -0.670. The van der Waals surface area contributed by atoms with Crippen molar-refractivity contribution in [2.75, 3.05) is 12.9 Å². The van der Waals surface area contributed by atoms with E-state index < -0.39 is 0 Å². The van der Waals surface area contributed by atoms with E-state index in [1.807, 2.05) is 18.2 Å². The molecule has 1 saturated carbocycles. The largest absolute Gasteiger partial charge is 0.496 e. The quantitative estimate of drug-likeness (QED) is 0.773. The van der Waals surface area contributed by atoms with Gasteiger partial charge in [-0.15, -0.1) is 11.8 Å². The second-order valence-corrected chi connectivity index (χ2v) is 4.82. The Morgan fingerprint density at radius 3 is 2.79 bits per heavy atom. The SMILES string of the molecule is COc1ccccc1SCC1(N)CC1. The Morgan fingerprint density at radius 1 is 1.43 bits per heavy atom. The first-order chi connectivity index (χ1) is 6.73. The molecule has 1 aliphatic carbocycles. The first-order valence-corrected chi connectivity index (χ1v) is 5.77. The van der Waals surface area contributed by atoms with Crippen LogP contribution in [-0.4, -0.2) is 18.4 Å². The van der Waals surface area contributed by atoms with Gasteiger partial charge in [0.2, 0.25) is 0 Å². The molecule has 0 atom stereocenters. The van der Waals surface area contributed by atoms with Crippen LogP contribution in [0.5, 0.6) is 5.75 Å². The fraction of sp³-hybridized carbons (Fsp3) is 0.455. The fourth-order valence-corrected chi connectivity index (χ4v) is 2.46. The number of hydrogen-bond donors (Lipinski definition) is 1. The molecule has 2 rings (SSSR count). The molecule has 0 unspecified atom stereocenters. The van der Waals surface area contributed by atoms with Gasteiger partial charge in [-0.25, -0.2) is 0 Å². The second-order valence-electron chi connectivity index (χ2n) is 3.80. The van der Waals surface area contributed by atoms with E-state index in [2.05, 4.69) is 6.07 Å². The highest BCUT2D eigenvalue weighted by Gasteiger charge is 2.38. The van der Waals surface area contributed by atoms with E-state index in [0.29, 0.717) is 0 Å². The summed E-state index contributed by atoms with van der Waals surface area (Å²) in [6.45, 7) is 0. The molecule has 0 aliphatic heterocycles.